The Morgan fingerprint density at radius 1 is 0.968 bits per heavy atom. The molecule has 2 fully saturated rings. The number of carbonyl (C=O) groups excluding carboxylic acids is 2. The maximum Gasteiger partial charge on any atom is 0.419 e. The van der Waals surface area contributed by atoms with E-state index in [4.69, 9.17) is 0 Å². The van der Waals surface area contributed by atoms with Gasteiger partial charge in [0.15, 0.2) is 0 Å². The number of alkyl halides is 3. The van der Waals surface area contributed by atoms with Gasteiger partial charge in [0.2, 0.25) is 11.8 Å². The van der Waals surface area contributed by atoms with Gasteiger partial charge in [0.05, 0.1) is 11.5 Å². The van der Waals surface area contributed by atoms with Crippen LogP contribution in [0.15, 0.2) is 42.6 Å². The molecule has 6 nitrogen and oxygen atoms in total. The van der Waals surface area contributed by atoms with Crippen LogP contribution >= 0.6 is 0 Å². The van der Waals surface area contributed by atoms with E-state index in [1.807, 2.05) is 0 Å². The van der Waals surface area contributed by atoms with E-state index in [1.165, 1.54) is 17.2 Å². The van der Waals surface area contributed by atoms with Crippen LogP contribution in [0.3, 0.4) is 0 Å². The maximum atomic E-state index is 13.4. The Morgan fingerprint density at radius 3 is 2.29 bits per heavy atom. The van der Waals surface area contributed by atoms with Crippen LogP contribution in [0, 0.1) is 11.8 Å². The minimum atomic E-state index is -4.51. The number of benzene rings is 1. The van der Waals surface area contributed by atoms with Crippen molar-refractivity contribution in [2.24, 2.45) is 11.8 Å². The zero-order valence-electron chi connectivity index (χ0n) is 16.8. The van der Waals surface area contributed by atoms with E-state index in [-0.39, 0.29) is 30.1 Å². The summed E-state index contributed by atoms with van der Waals surface area (Å²) in [7, 11) is 0. The number of piperidine rings is 1. The zero-order chi connectivity index (χ0) is 22.0. The smallest absolute Gasteiger partial charge is 0.355 e. The molecule has 1 atom stereocenters. The summed E-state index contributed by atoms with van der Waals surface area (Å²) in [5.74, 6) is -0.833. The van der Waals surface area contributed by atoms with Gasteiger partial charge < -0.3 is 15.5 Å². The van der Waals surface area contributed by atoms with Gasteiger partial charge in [-0.25, -0.2) is 4.98 Å². The fourth-order valence-electron chi connectivity index (χ4n) is 3.76. The van der Waals surface area contributed by atoms with Crippen LogP contribution in [0.25, 0.3) is 0 Å². The van der Waals surface area contributed by atoms with Gasteiger partial charge in [-0.3, -0.25) is 9.59 Å². The van der Waals surface area contributed by atoms with E-state index in [2.05, 4.69) is 15.6 Å². The number of aromatic nitrogens is 1. The molecule has 2 N–H and O–H groups in total. The van der Waals surface area contributed by atoms with Crippen molar-refractivity contribution in [2.75, 3.05) is 28.6 Å². The van der Waals surface area contributed by atoms with Crippen LogP contribution in [-0.4, -0.2) is 29.9 Å². The van der Waals surface area contributed by atoms with Gasteiger partial charge in [-0.15, -0.1) is 0 Å². The Balaban J connectivity index is 1.42. The lowest BCUT2D eigenvalue weighted by Crippen LogP contribution is -2.42. The van der Waals surface area contributed by atoms with Gasteiger partial charge in [0, 0.05) is 36.6 Å². The molecule has 1 saturated heterocycles. The fraction of sp³-hybridized carbons (Fsp3) is 0.409. The molecule has 1 aromatic heterocycles. The molecule has 4 rings (SSSR count). The normalized spacial score (nSPS) is 19.1. The van der Waals surface area contributed by atoms with Crippen LogP contribution in [-0.2, 0) is 15.8 Å². The largest absolute Gasteiger partial charge is 0.419 e. The average molecular weight is 432 g/mol. The number of nitrogens with one attached hydrogen (secondary N) is 2. The quantitative estimate of drug-likeness (QED) is 0.739. The molecule has 0 radical (unpaired) electrons. The van der Waals surface area contributed by atoms with E-state index in [0.29, 0.717) is 30.8 Å². The van der Waals surface area contributed by atoms with Crippen LogP contribution in [0.1, 0.15) is 31.2 Å². The molecule has 1 saturated carbocycles. The molecule has 31 heavy (non-hydrogen) atoms. The van der Waals surface area contributed by atoms with Crippen LogP contribution in [0.2, 0.25) is 0 Å². The maximum absolute atomic E-state index is 13.4. The second-order valence-electron chi connectivity index (χ2n) is 7.99. The topological polar surface area (TPSA) is 74.3 Å². The molecule has 2 heterocycles. The van der Waals surface area contributed by atoms with Crippen molar-refractivity contribution in [1.29, 1.82) is 0 Å². The number of rotatable bonds is 5. The molecule has 2 aliphatic rings. The summed E-state index contributed by atoms with van der Waals surface area (Å²) >= 11 is 0. The predicted octanol–water partition coefficient (Wildman–Crippen LogP) is 4.30. The summed E-state index contributed by atoms with van der Waals surface area (Å²) in [5.41, 5.74) is 0.336. The molecule has 1 unspecified atom stereocenters. The van der Waals surface area contributed by atoms with Crippen molar-refractivity contribution in [1.82, 2.24) is 4.98 Å². The summed E-state index contributed by atoms with van der Waals surface area (Å²) in [6.07, 6.45) is -0.225. The van der Waals surface area contributed by atoms with Crippen molar-refractivity contribution in [3.8, 4) is 0 Å². The molecule has 1 aliphatic carbocycles. The molecular formula is C22H23F3N4O2. The van der Waals surface area contributed by atoms with Gasteiger partial charge in [-0.2, -0.15) is 13.2 Å². The Kier molecular flexibility index (Phi) is 5.84. The lowest BCUT2D eigenvalue weighted by molar-refractivity contribution is -0.137. The van der Waals surface area contributed by atoms with Crippen molar-refractivity contribution in [3.05, 3.63) is 48.2 Å². The molecule has 2 amide bonds. The van der Waals surface area contributed by atoms with E-state index < -0.39 is 17.7 Å². The number of amides is 2. The van der Waals surface area contributed by atoms with Crippen molar-refractivity contribution in [3.63, 3.8) is 0 Å². The third kappa shape index (κ3) is 5.15. The standard InChI is InChI=1S/C22H23F3N4O2/c23-22(24,25)18-7-2-10-26-19(18)29-11-3-4-15(13-29)21(31)28-17-6-1-5-16(12-17)27-20(30)14-8-9-14/h1-2,5-7,10,12,14-15H,3-4,8-9,11,13H2,(H,27,30)(H,28,31). The number of anilines is 3. The number of carbonyl (C=O) groups is 2. The molecular weight excluding hydrogens is 409 g/mol. The molecule has 2 aromatic rings. The molecule has 9 heteroatoms. The first kappa shape index (κ1) is 21.1. The monoisotopic (exact) mass is 432 g/mol. The third-order valence-corrected chi connectivity index (χ3v) is 5.53. The Labute approximate surface area is 177 Å². The van der Waals surface area contributed by atoms with E-state index in [1.54, 1.807) is 24.3 Å². The van der Waals surface area contributed by atoms with E-state index in [9.17, 15) is 22.8 Å². The summed E-state index contributed by atoms with van der Waals surface area (Å²) in [6.45, 7) is 0.566. The first-order valence-electron chi connectivity index (χ1n) is 10.3. The molecule has 164 valence electrons. The summed E-state index contributed by atoms with van der Waals surface area (Å²) in [5, 5.41) is 5.66. The van der Waals surface area contributed by atoms with Gasteiger partial charge in [0.1, 0.15) is 5.82 Å². The highest BCUT2D eigenvalue weighted by Gasteiger charge is 2.37. The van der Waals surface area contributed by atoms with Crippen molar-refractivity contribution >= 4 is 29.0 Å². The summed E-state index contributed by atoms with van der Waals surface area (Å²) in [6, 6.07) is 9.14. The first-order chi connectivity index (χ1) is 14.8. The highest BCUT2D eigenvalue weighted by Crippen LogP contribution is 2.36. The predicted molar refractivity (Wildman–Crippen MR) is 111 cm³/mol. The number of hydrogen-bond donors (Lipinski definition) is 2. The Morgan fingerprint density at radius 2 is 1.65 bits per heavy atom. The molecule has 0 bridgehead atoms. The van der Waals surface area contributed by atoms with Gasteiger partial charge in [-0.05, 0) is 56.0 Å². The minimum absolute atomic E-state index is 0.0257. The van der Waals surface area contributed by atoms with E-state index >= 15 is 0 Å². The molecule has 0 spiro atoms. The van der Waals surface area contributed by atoms with Gasteiger partial charge >= 0.3 is 6.18 Å². The number of nitrogens with zero attached hydrogens (tertiary/aromatic N) is 2. The second kappa shape index (κ2) is 8.56. The Bertz CT molecular complexity index is 975. The van der Waals surface area contributed by atoms with Gasteiger partial charge in [0.25, 0.3) is 0 Å². The first-order valence-corrected chi connectivity index (χ1v) is 10.3. The highest BCUT2D eigenvalue weighted by molar-refractivity contribution is 5.96. The molecule has 1 aliphatic heterocycles. The number of halogens is 3. The lowest BCUT2D eigenvalue weighted by atomic mass is 9.96. The SMILES string of the molecule is O=C(Nc1cccc(NC(=O)C2CCCN(c3ncccc3C(F)(F)F)C2)c1)C1CC1. The van der Waals surface area contributed by atoms with Crippen molar-refractivity contribution < 1.29 is 22.8 Å². The third-order valence-electron chi connectivity index (χ3n) is 5.53. The summed E-state index contributed by atoms with van der Waals surface area (Å²) < 4.78 is 40.1. The number of hydrogen-bond acceptors (Lipinski definition) is 4. The minimum Gasteiger partial charge on any atom is -0.355 e. The summed E-state index contributed by atoms with van der Waals surface area (Å²) in [4.78, 5) is 30.2. The average Bonchev–Trinajstić information content (AvgIpc) is 3.59. The van der Waals surface area contributed by atoms with Crippen LogP contribution in [0.4, 0.5) is 30.4 Å². The number of pyridine rings is 1. The second-order valence-corrected chi connectivity index (χ2v) is 7.99. The Hall–Kier alpha value is -3.10. The van der Waals surface area contributed by atoms with Crippen LogP contribution in [0.5, 0.6) is 0 Å². The molecule has 1 aromatic carbocycles. The zero-order valence-corrected chi connectivity index (χ0v) is 16.8. The van der Waals surface area contributed by atoms with Crippen LogP contribution < -0.4 is 15.5 Å². The van der Waals surface area contributed by atoms with Gasteiger partial charge in [-0.1, -0.05) is 6.07 Å². The fourth-order valence-corrected chi connectivity index (χ4v) is 3.76. The van der Waals surface area contributed by atoms with Crippen molar-refractivity contribution in [2.45, 2.75) is 31.9 Å². The highest BCUT2D eigenvalue weighted by atomic mass is 19.4. The van der Waals surface area contributed by atoms with E-state index in [0.717, 1.165) is 18.9 Å². The lowest BCUT2D eigenvalue weighted by Gasteiger charge is -2.34.